The maximum Gasteiger partial charge on any atom is 0.251 e. The van der Waals surface area contributed by atoms with Gasteiger partial charge < -0.3 is 11.1 Å². The van der Waals surface area contributed by atoms with Gasteiger partial charge in [-0.15, -0.1) is 22.7 Å². The van der Waals surface area contributed by atoms with Crippen LogP contribution in [-0.2, 0) is 24.1 Å². The Kier molecular flexibility index (Phi) is 4.31. The number of nitrogens with two attached hydrogens (primary N) is 1. The molecule has 0 aliphatic heterocycles. The zero-order chi connectivity index (χ0) is 15.7. The van der Waals surface area contributed by atoms with E-state index in [2.05, 4.69) is 12.2 Å². The van der Waals surface area contributed by atoms with Gasteiger partial charge in [-0.1, -0.05) is 13.0 Å². The fourth-order valence-corrected chi connectivity index (χ4v) is 4.98. The number of nitrogens with one attached hydrogen (secondary N) is 1. The lowest BCUT2D eigenvalue weighted by molar-refractivity contribution is -0.115. The number of thiophene rings is 2. The monoisotopic (exact) mass is 334 g/mol. The normalized spacial score (nSPS) is 17.0. The summed E-state index contributed by atoms with van der Waals surface area (Å²) in [6.45, 7) is 2.21. The Morgan fingerprint density at radius 3 is 2.95 bits per heavy atom. The molecule has 2 aromatic rings. The van der Waals surface area contributed by atoms with Gasteiger partial charge in [0.2, 0.25) is 5.91 Å². The number of carbonyl (C=O) groups excluding carboxylic acids is 2. The highest BCUT2D eigenvalue weighted by Gasteiger charge is 2.27. The van der Waals surface area contributed by atoms with E-state index in [0.29, 0.717) is 22.9 Å². The lowest BCUT2D eigenvalue weighted by Crippen LogP contribution is -2.20. The second-order valence-corrected chi connectivity index (χ2v) is 7.86. The second kappa shape index (κ2) is 6.22. The van der Waals surface area contributed by atoms with Crippen molar-refractivity contribution in [2.45, 2.75) is 32.6 Å². The predicted molar refractivity (Wildman–Crippen MR) is 90.7 cm³/mol. The summed E-state index contributed by atoms with van der Waals surface area (Å²) in [6, 6.07) is 3.85. The average molecular weight is 334 g/mol. The third-order valence-electron chi connectivity index (χ3n) is 3.93. The lowest BCUT2D eigenvalue weighted by Gasteiger charge is -2.18. The largest absolute Gasteiger partial charge is 0.365 e. The Hall–Kier alpha value is -1.66. The molecule has 0 saturated heterocycles. The number of rotatable bonds is 4. The predicted octanol–water partition coefficient (Wildman–Crippen LogP) is 3.21. The minimum absolute atomic E-state index is 0.100. The van der Waals surface area contributed by atoms with Crippen LogP contribution in [0.15, 0.2) is 17.5 Å². The van der Waals surface area contributed by atoms with E-state index < -0.39 is 5.91 Å². The van der Waals surface area contributed by atoms with E-state index in [1.807, 2.05) is 17.5 Å². The molecular weight excluding hydrogens is 316 g/mol. The zero-order valence-corrected chi connectivity index (χ0v) is 14.0. The number of hydrogen-bond donors (Lipinski definition) is 2. The minimum atomic E-state index is -0.446. The topological polar surface area (TPSA) is 72.2 Å². The van der Waals surface area contributed by atoms with Crippen LogP contribution in [0.1, 0.15) is 39.0 Å². The molecule has 0 fully saturated rings. The van der Waals surface area contributed by atoms with Crippen LogP contribution in [0, 0.1) is 5.92 Å². The standard InChI is InChI=1S/C16H18N2O2S2/c1-9-4-5-11-12(7-9)22-16(14(11)15(17)20)18-13(19)8-10-3-2-6-21-10/h2-3,6,9H,4-5,7-8H2,1H3,(H2,17,20)(H,18,19). The van der Waals surface area contributed by atoms with Gasteiger partial charge in [0.1, 0.15) is 5.00 Å². The summed E-state index contributed by atoms with van der Waals surface area (Å²) >= 11 is 3.06. The summed E-state index contributed by atoms with van der Waals surface area (Å²) in [7, 11) is 0. The first kappa shape index (κ1) is 15.2. The molecule has 2 heterocycles. The molecule has 1 atom stereocenters. The van der Waals surface area contributed by atoms with Crippen molar-refractivity contribution >= 4 is 39.5 Å². The van der Waals surface area contributed by atoms with Gasteiger partial charge in [-0.25, -0.2) is 0 Å². The van der Waals surface area contributed by atoms with Crippen molar-refractivity contribution in [2.24, 2.45) is 11.7 Å². The number of amides is 2. The van der Waals surface area contributed by atoms with Gasteiger partial charge in [0.15, 0.2) is 0 Å². The van der Waals surface area contributed by atoms with Crippen LogP contribution in [0.25, 0.3) is 0 Å². The van der Waals surface area contributed by atoms with E-state index >= 15 is 0 Å². The molecule has 22 heavy (non-hydrogen) atoms. The van der Waals surface area contributed by atoms with Crippen LogP contribution < -0.4 is 11.1 Å². The van der Waals surface area contributed by atoms with E-state index in [-0.39, 0.29) is 5.91 Å². The highest BCUT2D eigenvalue weighted by molar-refractivity contribution is 7.17. The first-order valence-corrected chi connectivity index (χ1v) is 9.00. The third-order valence-corrected chi connectivity index (χ3v) is 5.97. The number of carbonyl (C=O) groups is 2. The second-order valence-electron chi connectivity index (χ2n) is 5.72. The average Bonchev–Trinajstić information content (AvgIpc) is 3.04. The summed E-state index contributed by atoms with van der Waals surface area (Å²) in [5.74, 6) is 0.0663. The van der Waals surface area contributed by atoms with Gasteiger partial charge in [-0.3, -0.25) is 9.59 Å². The van der Waals surface area contributed by atoms with Crippen LogP contribution in [0.2, 0.25) is 0 Å². The highest BCUT2D eigenvalue weighted by atomic mass is 32.1. The summed E-state index contributed by atoms with van der Waals surface area (Å²) in [5, 5.41) is 5.45. The van der Waals surface area contributed by atoms with Gasteiger partial charge in [-0.05, 0) is 42.2 Å². The molecule has 2 aromatic heterocycles. The third kappa shape index (κ3) is 3.08. The van der Waals surface area contributed by atoms with E-state index in [1.165, 1.54) is 16.2 Å². The Morgan fingerprint density at radius 2 is 2.27 bits per heavy atom. The molecule has 0 aromatic carbocycles. The van der Waals surface area contributed by atoms with Crippen LogP contribution in [-0.4, -0.2) is 11.8 Å². The van der Waals surface area contributed by atoms with Crippen LogP contribution in [0.5, 0.6) is 0 Å². The molecule has 2 amide bonds. The lowest BCUT2D eigenvalue weighted by atomic mass is 9.88. The molecule has 0 spiro atoms. The highest BCUT2D eigenvalue weighted by Crippen LogP contribution is 2.39. The number of fused-ring (bicyclic) bond motifs is 1. The minimum Gasteiger partial charge on any atom is -0.365 e. The zero-order valence-electron chi connectivity index (χ0n) is 12.3. The SMILES string of the molecule is CC1CCc2c(sc(NC(=O)Cc3cccs3)c2C(N)=O)C1. The Labute approximate surface area is 137 Å². The molecule has 0 saturated carbocycles. The van der Waals surface area contributed by atoms with Gasteiger partial charge >= 0.3 is 0 Å². The molecule has 6 heteroatoms. The smallest absolute Gasteiger partial charge is 0.251 e. The van der Waals surface area contributed by atoms with Crippen molar-refractivity contribution in [2.75, 3.05) is 5.32 Å². The van der Waals surface area contributed by atoms with Gasteiger partial charge in [-0.2, -0.15) is 0 Å². The summed E-state index contributed by atoms with van der Waals surface area (Å²) in [5.41, 5.74) is 7.11. The van der Waals surface area contributed by atoms with E-state index in [9.17, 15) is 9.59 Å². The first-order valence-electron chi connectivity index (χ1n) is 7.31. The maximum atomic E-state index is 12.2. The number of anilines is 1. The number of hydrogen-bond acceptors (Lipinski definition) is 4. The van der Waals surface area contributed by atoms with Crippen LogP contribution in [0.3, 0.4) is 0 Å². The Balaban J connectivity index is 1.84. The molecule has 0 radical (unpaired) electrons. The van der Waals surface area contributed by atoms with Crippen molar-refractivity contribution in [3.63, 3.8) is 0 Å². The maximum absolute atomic E-state index is 12.2. The number of primary amides is 1. The van der Waals surface area contributed by atoms with Crippen molar-refractivity contribution in [1.29, 1.82) is 0 Å². The molecule has 3 N–H and O–H groups in total. The summed E-state index contributed by atoms with van der Waals surface area (Å²) < 4.78 is 0. The molecule has 1 aliphatic rings. The first-order chi connectivity index (χ1) is 10.5. The van der Waals surface area contributed by atoms with Crippen LogP contribution >= 0.6 is 22.7 Å². The summed E-state index contributed by atoms with van der Waals surface area (Å²) in [6.07, 6.45) is 3.22. The van der Waals surface area contributed by atoms with Crippen molar-refractivity contribution < 1.29 is 9.59 Å². The molecule has 1 unspecified atom stereocenters. The Bertz CT molecular complexity index is 704. The molecule has 4 nitrogen and oxygen atoms in total. The fourth-order valence-electron chi connectivity index (χ4n) is 2.84. The molecule has 0 bridgehead atoms. The van der Waals surface area contributed by atoms with E-state index in [4.69, 9.17) is 5.73 Å². The van der Waals surface area contributed by atoms with Crippen molar-refractivity contribution in [3.05, 3.63) is 38.4 Å². The molecule has 3 rings (SSSR count). The Morgan fingerprint density at radius 1 is 1.45 bits per heavy atom. The fraction of sp³-hybridized carbons (Fsp3) is 0.375. The van der Waals surface area contributed by atoms with E-state index in [1.54, 1.807) is 11.3 Å². The van der Waals surface area contributed by atoms with Crippen molar-refractivity contribution in [3.8, 4) is 0 Å². The van der Waals surface area contributed by atoms with Crippen LogP contribution in [0.4, 0.5) is 5.00 Å². The summed E-state index contributed by atoms with van der Waals surface area (Å²) in [4.78, 5) is 26.2. The molecule has 1 aliphatic carbocycles. The van der Waals surface area contributed by atoms with Gasteiger partial charge in [0, 0.05) is 9.75 Å². The van der Waals surface area contributed by atoms with Gasteiger partial charge in [0.25, 0.3) is 5.91 Å². The van der Waals surface area contributed by atoms with E-state index in [0.717, 1.165) is 29.7 Å². The molecular formula is C16H18N2O2S2. The quantitative estimate of drug-likeness (QED) is 0.901. The van der Waals surface area contributed by atoms with Gasteiger partial charge in [0.05, 0.1) is 12.0 Å². The molecule has 116 valence electrons. The van der Waals surface area contributed by atoms with Crippen molar-refractivity contribution in [1.82, 2.24) is 0 Å².